The predicted octanol–water partition coefficient (Wildman–Crippen LogP) is 2.89. The number of esters is 1. The molecule has 2 fully saturated rings. The smallest absolute Gasteiger partial charge is 0.328 e. The average molecular weight is 666 g/mol. The van der Waals surface area contributed by atoms with Crippen LogP contribution < -0.4 is 16.4 Å². The SMILES string of the molecule is CC(C)[C@@H](Nc1ccc(CNC(=O)[C@@H]2SCCN2C(=O)C[C@H](N)Cc2cc(F)c(F)cc2F)cc1)C(=O)OCCN1CCOCC1. The molecule has 4 rings (SSSR count). The number of carbonyl (C=O) groups excluding carboxylic acids is 3. The van der Waals surface area contributed by atoms with Crippen LogP contribution in [-0.4, -0.2) is 96.8 Å². The number of hydrogen-bond acceptors (Lipinski definition) is 9. The molecule has 2 saturated heterocycles. The zero-order chi connectivity index (χ0) is 33.2. The quantitative estimate of drug-likeness (QED) is 0.206. The molecule has 2 aliphatic rings. The maximum Gasteiger partial charge on any atom is 0.328 e. The van der Waals surface area contributed by atoms with Gasteiger partial charge in [-0.15, -0.1) is 11.8 Å². The predicted molar refractivity (Wildman–Crippen MR) is 169 cm³/mol. The summed E-state index contributed by atoms with van der Waals surface area (Å²) in [5.41, 5.74) is 7.48. The number of thioether (sulfide) groups is 1. The van der Waals surface area contributed by atoms with Gasteiger partial charge in [-0.1, -0.05) is 26.0 Å². The number of nitrogens with zero attached hydrogens (tertiary/aromatic N) is 2. The highest BCUT2D eigenvalue weighted by atomic mass is 32.2. The Kier molecular flexibility index (Phi) is 13.1. The first-order valence-corrected chi connectivity index (χ1v) is 16.5. The summed E-state index contributed by atoms with van der Waals surface area (Å²) in [6.45, 7) is 8.47. The number of carbonyl (C=O) groups is 3. The number of benzene rings is 2. The van der Waals surface area contributed by atoms with Crippen LogP contribution in [0.1, 0.15) is 31.4 Å². The molecule has 2 heterocycles. The van der Waals surface area contributed by atoms with Crippen molar-refractivity contribution in [3.05, 3.63) is 65.0 Å². The summed E-state index contributed by atoms with van der Waals surface area (Å²) in [5.74, 6) is -3.90. The third kappa shape index (κ3) is 10.1. The summed E-state index contributed by atoms with van der Waals surface area (Å²) < 4.78 is 51.7. The number of hydrogen-bond donors (Lipinski definition) is 3. The molecule has 252 valence electrons. The van der Waals surface area contributed by atoms with E-state index in [9.17, 15) is 27.6 Å². The molecule has 0 aromatic heterocycles. The number of morpholine rings is 1. The molecule has 0 unspecified atom stereocenters. The van der Waals surface area contributed by atoms with Crippen LogP contribution in [-0.2, 0) is 36.8 Å². The number of rotatable bonds is 14. The Bertz CT molecular complexity index is 1350. The highest BCUT2D eigenvalue weighted by Crippen LogP contribution is 2.26. The molecule has 2 aliphatic heterocycles. The fourth-order valence-corrected chi connectivity index (χ4v) is 6.38. The van der Waals surface area contributed by atoms with Crippen LogP contribution in [0.3, 0.4) is 0 Å². The summed E-state index contributed by atoms with van der Waals surface area (Å²) in [6, 6.07) is 7.16. The van der Waals surface area contributed by atoms with E-state index in [4.69, 9.17) is 15.2 Å². The van der Waals surface area contributed by atoms with Gasteiger partial charge in [0, 0.05) is 62.7 Å². The Hall–Kier alpha value is -3.33. The van der Waals surface area contributed by atoms with Gasteiger partial charge in [-0.2, -0.15) is 0 Å². The first-order valence-electron chi connectivity index (χ1n) is 15.4. The Labute approximate surface area is 271 Å². The molecule has 2 amide bonds. The second kappa shape index (κ2) is 17.0. The van der Waals surface area contributed by atoms with Gasteiger partial charge < -0.3 is 30.7 Å². The lowest BCUT2D eigenvalue weighted by Gasteiger charge is -2.27. The minimum absolute atomic E-state index is 0.00829. The number of ether oxygens (including phenoxy) is 2. The third-order valence-corrected chi connectivity index (χ3v) is 9.07. The second-order valence-electron chi connectivity index (χ2n) is 11.7. The van der Waals surface area contributed by atoms with Gasteiger partial charge in [0.25, 0.3) is 5.91 Å². The Balaban J connectivity index is 1.23. The van der Waals surface area contributed by atoms with E-state index in [1.54, 1.807) is 0 Å². The van der Waals surface area contributed by atoms with E-state index in [1.807, 2.05) is 38.1 Å². The van der Waals surface area contributed by atoms with Crippen LogP contribution in [0.5, 0.6) is 0 Å². The summed E-state index contributed by atoms with van der Waals surface area (Å²) in [5, 5.41) is 5.37. The van der Waals surface area contributed by atoms with Gasteiger partial charge >= 0.3 is 5.97 Å². The van der Waals surface area contributed by atoms with Gasteiger partial charge in [-0.25, -0.2) is 18.0 Å². The number of nitrogens with two attached hydrogens (primary N) is 1. The lowest BCUT2D eigenvalue weighted by atomic mass is 10.0. The fraction of sp³-hybridized carbons (Fsp3) is 0.531. The van der Waals surface area contributed by atoms with E-state index < -0.39 is 34.9 Å². The summed E-state index contributed by atoms with van der Waals surface area (Å²) in [4.78, 5) is 42.4. The van der Waals surface area contributed by atoms with E-state index in [2.05, 4.69) is 15.5 Å². The van der Waals surface area contributed by atoms with Crippen LogP contribution in [0, 0.1) is 23.4 Å². The second-order valence-corrected chi connectivity index (χ2v) is 12.9. The normalized spacial score (nSPS) is 18.3. The molecule has 46 heavy (non-hydrogen) atoms. The molecule has 3 atom stereocenters. The van der Waals surface area contributed by atoms with Crippen LogP contribution in [0.2, 0.25) is 0 Å². The van der Waals surface area contributed by atoms with Gasteiger partial charge in [-0.05, 0) is 41.7 Å². The van der Waals surface area contributed by atoms with Crippen molar-refractivity contribution in [2.75, 3.05) is 57.1 Å². The van der Waals surface area contributed by atoms with Gasteiger partial charge in [0.05, 0.1) is 13.2 Å². The first-order chi connectivity index (χ1) is 22.0. The summed E-state index contributed by atoms with van der Waals surface area (Å²) in [7, 11) is 0. The molecule has 4 N–H and O–H groups in total. The van der Waals surface area contributed by atoms with Crippen molar-refractivity contribution in [2.24, 2.45) is 11.7 Å². The van der Waals surface area contributed by atoms with E-state index in [0.29, 0.717) is 44.7 Å². The largest absolute Gasteiger partial charge is 0.463 e. The van der Waals surface area contributed by atoms with Crippen molar-refractivity contribution in [1.82, 2.24) is 15.1 Å². The molecular formula is C32H42F3N5O5S. The van der Waals surface area contributed by atoms with Crippen molar-refractivity contribution >= 4 is 35.2 Å². The summed E-state index contributed by atoms with van der Waals surface area (Å²) >= 11 is 1.33. The molecule has 0 radical (unpaired) electrons. The van der Waals surface area contributed by atoms with E-state index in [-0.39, 0.29) is 48.7 Å². The zero-order valence-electron chi connectivity index (χ0n) is 26.1. The average Bonchev–Trinajstić information content (AvgIpc) is 3.53. The van der Waals surface area contributed by atoms with Crippen molar-refractivity contribution in [3.8, 4) is 0 Å². The fourth-order valence-electron chi connectivity index (χ4n) is 5.22. The lowest BCUT2D eigenvalue weighted by Crippen LogP contribution is -2.46. The molecule has 0 saturated carbocycles. The maximum absolute atomic E-state index is 14.0. The Morgan fingerprint density at radius 1 is 1.04 bits per heavy atom. The number of amides is 2. The Morgan fingerprint density at radius 2 is 1.74 bits per heavy atom. The molecular weight excluding hydrogens is 623 g/mol. The summed E-state index contributed by atoms with van der Waals surface area (Å²) in [6.07, 6.45) is -0.346. The number of nitrogens with one attached hydrogen (secondary N) is 2. The maximum atomic E-state index is 14.0. The molecule has 0 spiro atoms. The molecule has 2 aromatic rings. The highest BCUT2D eigenvalue weighted by molar-refractivity contribution is 8.00. The van der Waals surface area contributed by atoms with E-state index in [1.165, 1.54) is 16.7 Å². The van der Waals surface area contributed by atoms with Gasteiger partial charge in [0.1, 0.15) is 18.5 Å². The van der Waals surface area contributed by atoms with Gasteiger partial charge in [0.2, 0.25) is 5.91 Å². The van der Waals surface area contributed by atoms with Gasteiger partial charge in [-0.3, -0.25) is 14.5 Å². The molecule has 10 nitrogen and oxygen atoms in total. The van der Waals surface area contributed by atoms with Crippen LogP contribution in [0.15, 0.2) is 36.4 Å². The molecule has 0 bridgehead atoms. The van der Waals surface area contributed by atoms with Crippen molar-refractivity contribution in [3.63, 3.8) is 0 Å². The standard InChI is InChI=1S/C32H42F3N5O5S/c1-20(2)29(32(43)45-13-9-39-7-11-44-12-8-39)38-24-5-3-21(4-6-24)19-37-30(42)31-40(10-14-46-31)28(41)17-23(36)15-22-16-26(34)27(35)18-25(22)33/h3-6,16,18,20,23,29,31,38H,7-15,17,19,36H2,1-2H3,(H,37,42)/t23-,29-,31+/m1/s1. The van der Waals surface area contributed by atoms with Crippen molar-refractivity contribution in [2.45, 2.75) is 50.7 Å². The van der Waals surface area contributed by atoms with Gasteiger partial charge in [0.15, 0.2) is 17.0 Å². The number of anilines is 1. The minimum Gasteiger partial charge on any atom is -0.463 e. The highest BCUT2D eigenvalue weighted by Gasteiger charge is 2.35. The molecule has 14 heteroatoms. The molecule has 0 aliphatic carbocycles. The van der Waals surface area contributed by atoms with E-state index in [0.717, 1.165) is 30.4 Å². The third-order valence-electron chi connectivity index (χ3n) is 7.86. The number of halogens is 3. The Morgan fingerprint density at radius 3 is 2.43 bits per heavy atom. The topological polar surface area (TPSA) is 126 Å². The monoisotopic (exact) mass is 665 g/mol. The zero-order valence-corrected chi connectivity index (χ0v) is 26.9. The molecule has 2 aromatic carbocycles. The van der Waals surface area contributed by atoms with Crippen molar-refractivity contribution < 1.29 is 37.0 Å². The lowest BCUT2D eigenvalue weighted by molar-refractivity contribution is -0.146. The van der Waals surface area contributed by atoms with Crippen LogP contribution in [0.25, 0.3) is 0 Å². The minimum atomic E-state index is -1.30. The van der Waals surface area contributed by atoms with E-state index >= 15 is 0 Å². The van der Waals surface area contributed by atoms with Crippen molar-refractivity contribution in [1.29, 1.82) is 0 Å². The first kappa shape index (κ1) is 35.5. The van der Waals surface area contributed by atoms with Crippen LogP contribution >= 0.6 is 11.8 Å². The van der Waals surface area contributed by atoms with Crippen LogP contribution in [0.4, 0.5) is 18.9 Å².